The van der Waals surface area contributed by atoms with Crippen LogP contribution in [0.25, 0.3) is 44.2 Å². The summed E-state index contributed by atoms with van der Waals surface area (Å²) < 4.78 is 0. The quantitative estimate of drug-likeness (QED) is 0.0733. The molecule has 4 N–H and O–H groups in total. The molecule has 0 spiro atoms. The standard InChI is InChI=1S/C40H42N12O2.2C3H8.C2H6/c1-3-17-51(37(53)23-46-39-41-13-5-14-42-39)25-35-45-22-34(50-35)31-10-9-27-19-28(7-8-29(27)20-31)30-11-12-32-33(21-30)49-36(48-32)26-52(18-4-2)38(54)24-47-40-43-15-6-16-44-40;2*1-3-2;1-2/h5-16,19-22H,3-4,17-18,23-26H2,1-2H3,(H,45,50)(H,48,49)(H,41,42,46)(H,43,44,47);2*3H2,1-2H3;1-2H3. The van der Waals surface area contributed by atoms with E-state index in [0.717, 1.165) is 68.7 Å². The second-order valence-electron chi connectivity index (χ2n) is 14.3. The zero-order valence-electron chi connectivity index (χ0n) is 37.7. The molecule has 14 nitrogen and oxygen atoms in total. The summed E-state index contributed by atoms with van der Waals surface area (Å²) in [5.41, 5.74) is 5.80. The van der Waals surface area contributed by atoms with Gasteiger partial charge in [0, 0.05) is 43.4 Å². The normalized spacial score (nSPS) is 10.4. The Morgan fingerprint density at radius 1 is 0.581 bits per heavy atom. The lowest BCUT2D eigenvalue weighted by atomic mass is 9.99. The minimum absolute atomic E-state index is 0.0491. The number of carbonyl (C=O) groups is 2. The van der Waals surface area contributed by atoms with Crippen molar-refractivity contribution in [1.29, 1.82) is 0 Å². The summed E-state index contributed by atoms with van der Waals surface area (Å²) in [6.07, 6.45) is 12.5. The third-order valence-electron chi connectivity index (χ3n) is 8.94. The lowest BCUT2D eigenvalue weighted by Gasteiger charge is -2.21. The fraction of sp³-hybridized carbons (Fsp3) is 0.375. The molecule has 2 amide bonds. The molecule has 0 unspecified atom stereocenters. The van der Waals surface area contributed by atoms with E-state index in [1.165, 1.54) is 12.8 Å². The molecule has 62 heavy (non-hydrogen) atoms. The Balaban J connectivity index is 0.000000986. The maximum Gasteiger partial charge on any atom is 0.242 e. The zero-order valence-corrected chi connectivity index (χ0v) is 37.7. The summed E-state index contributed by atoms with van der Waals surface area (Å²) >= 11 is 0. The number of fused-ring (bicyclic) bond motifs is 2. The van der Waals surface area contributed by atoms with Gasteiger partial charge in [0.05, 0.1) is 49.1 Å². The highest BCUT2D eigenvalue weighted by atomic mass is 16.2. The van der Waals surface area contributed by atoms with Crippen LogP contribution >= 0.6 is 0 Å². The second-order valence-corrected chi connectivity index (χ2v) is 14.3. The van der Waals surface area contributed by atoms with E-state index in [-0.39, 0.29) is 24.9 Å². The van der Waals surface area contributed by atoms with Gasteiger partial charge >= 0.3 is 0 Å². The maximum absolute atomic E-state index is 13.1. The number of aromatic amines is 2. The van der Waals surface area contributed by atoms with Crippen LogP contribution in [0.4, 0.5) is 11.9 Å². The predicted octanol–water partition coefficient (Wildman–Crippen LogP) is 9.91. The van der Waals surface area contributed by atoms with E-state index in [1.807, 2.05) is 40.0 Å². The molecule has 7 aromatic rings. The van der Waals surface area contributed by atoms with Crippen LogP contribution in [0.5, 0.6) is 0 Å². The summed E-state index contributed by atoms with van der Waals surface area (Å²) in [6, 6.07) is 22.4. The van der Waals surface area contributed by atoms with Crippen molar-refractivity contribution >= 4 is 45.5 Å². The van der Waals surface area contributed by atoms with E-state index in [1.54, 1.807) is 46.7 Å². The Morgan fingerprint density at radius 2 is 1.05 bits per heavy atom. The summed E-state index contributed by atoms with van der Waals surface area (Å²) in [6.45, 7) is 18.8. The number of hydrogen-bond donors (Lipinski definition) is 4. The Morgan fingerprint density at radius 3 is 1.58 bits per heavy atom. The molecule has 4 aromatic heterocycles. The molecule has 0 aliphatic carbocycles. The van der Waals surface area contributed by atoms with E-state index in [9.17, 15) is 9.59 Å². The van der Waals surface area contributed by atoms with Crippen molar-refractivity contribution in [3.05, 3.63) is 109 Å². The molecule has 0 atom stereocenters. The third-order valence-corrected chi connectivity index (χ3v) is 8.94. The molecule has 0 radical (unpaired) electrons. The van der Waals surface area contributed by atoms with Gasteiger partial charge in [0.25, 0.3) is 0 Å². The van der Waals surface area contributed by atoms with Crippen molar-refractivity contribution in [3.8, 4) is 22.4 Å². The number of amides is 2. The molecule has 0 saturated heterocycles. The number of nitrogens with one attached hydrogen (secondary N) is 4. The highest BCUT2D eigenvalue weighted by Gasteiger charge is 2.18. The van der Waals surface area contributed by atoms with Crippen LogP contribution in [0, 0.1) is 0 Å². The second kappa shape index (κ2) is 25.8. The van der Waals surface area contributed by atoms with E-state index in [4.69, 9.17) is 4.98 Å². The monoisotopic (exact) mass is 841 g/mol. The fourth-order valence-electron chi connectivity index (χ4n) is 6.30. The number of benzene rings is 3. The largest absolute Gasteiger partial charge is 0.345 e. The molecule has 0 bridgehead atoms. The van der Waals surface area contributed by atoms with Crippen LogP contribution in [-0.2, 0) is 22.7 Å². The zero-order chi connectivity index (χ0) is 44.7. The first-order chi connectivity index (χ1) is 30.3. The fourth-order valence-corrected chi connectivity index (χ4v) is 6.30. The van der Waals surface area contributed by atoms with Gasteiger partial charge < -0.3 is 30.4 Å². The lowest BCUT2D eigenvalue weighted by Crippen LogP contribution is -2.36. The molecule has 0 aliphatic rings. The molecule has 7 rings (SSSR count). The van der Waals surface area contributed by atoms with Crippen molar-refractivity contribution in [1.82, 2.24) is 49.7 Å². The van der Waals surface area contributed by atoms with Gasteiger partial charge in [0.1, 0.15) is 11.6 Å². The molecule has 4 heterocycles. The van der Waals surface area contributed by atoms with E-state index in [2.05, 4.69) is 122 Å². The molecular weight excluding hydrogens is 777 g/mol. The maximum atomic E-state index is 13.1. The Kier molecular flexibility index (Phi) is 20.0. The van der Waals surface area contributed by atoms with Crippen molar-refractivity contribution in [2.75, 3.05) is 36.8 Å². The van der Waals surface area contributed by atoms with Gasteiger partial charge in [-0.1, -0.05) is 98.6 Å². The SMILES string of the molecule is CC.CCC.CCC.CCCN(Cc1ncc(-c2ccc3cc(-c4ccc5nc(CN(CCC)C(=O)CNc6ncccn6)[nH]c5c4)ccc3c2)[nH]1)C(=O)CNc1ncccn1. The van der Waals surface area contributed by atoms with Gasteiger partial charge in [-0.25, -0.2) is 29.9 Å². The van der Waals surface area contributed by atoms with E-state index >= 15 is 0 Å². The highest BCUT2D eigenvalue weighted by Crippen LogP contribution is 2.30. The number of imidazole rings is 2. The number of anilines is 2. The van der Waals surface area contributed by atoms with Crippen LogP contribution < -0.4 is 10.6 Å². The van der Waals surface area contributed by atoms with Gasteiger partial charge in [-0.15, -0.1) is 0 Å². The molecule has 14 heteroatoms. The number of H-pyrrole nitrogens is 2. The minimum atomic E-state index is -0.0508. The number of hydrogen-bond acceptors (Lipinski definition) is 10. The Bertz CT molecular complexity index is 2380. The average Bonchev–Trinajstić information content (AvgIpc) is 3.95. The average molecular weight is 841 g/mol. The molecular formula is C48H64N12O2. The van der Waals surface area contributed by atoms with Crippen molar-refractivity contribution < 1.29 is 9.59 Å². The molecule has 0 fully saturated rings. The number of rotatable bonds is 16. The van der Waals surface area contributed by atoms with E-state index in [0.29, 0.717) is 38.1 Å². The van der Waals surface area contributed by atoms with Gasteiger partial charge in [0.15, 0.2) is 0 Å². The Hall–Kier alpha value is -6.70. The molecule has 0 saturated carbocycles. The predicted molar refractivity (Wildman–Crippen MR) is 252 cm³/mol. The van der Waals surface area contributed by atoms with Crippen LogP contribution in [0.2, 0.25) is 0 Å². The van der Waals surface area contributed by atoms with Crippen LogP contribution in [0.15, 0.2) is 97.7 Å². The smallest absolute Gasteiger partial charge is 0.242 e. The summed E-state index contributed by atoms with van der Waals surface area (Å²) in [4.78, 5) is 62.4. The van der Waals surface area contributed by atoms with Gasteiger partial charge in [-0.2, -0.15) is 0 Å². The van der Waals surface area contributed by atoms with Crippen molar-refractivity contribution in [2.24, 2.45) is 0 Å². The molecule has 328 valence electrons. The number of aromatic nitrogens is 8. The minimum Gasteiger partial charge on any atom is -0.345 e. The summed E-state index contributed by atoms with van der Waals surface area (Å²) in [5, 5.41) is 8.21. The third kappa shape index (κ3) is 14.2. The topological polar surface area (TPSA) is 174 Å². The van der Waals surface area contributed by atoms with Gasteiger partial charge in [-0.05, 0) is 71.1 Å². The number of nitrogens with zero attached hydrogens (tertiary/aromatic N) is 8. The summed E-state index contributed by atoms with van der Waals surface area (Å²) in [7, 11) is 0. The lowest BCUT2D eigenvalue weighted by molar-refractivity contribution is -0.130. The first-order valence-corrected chi connectivity index (χ1v) is 21.9. The van der Waals surface area contributed by atoms with E-state index < -0.39 is 0 Å². The van der Waals surface area contributed by atoms with Crippen LogP contribution in [0.3, 0.4) is 0 Å². The highest BCUT2D eigenvalue weighted by molar-refractivity contribution is 5.92. The molecule has 3 aromatic carbocycles. The first kappa shape index (κ1) is 48.0. The van der Waals surface area contributed by atoms with Crippen molar-refractivity contribution in [2.45, 2.75) is 94.2 Å². The first-order valence-electron chi connectivity index (χ1n) is 21.9. The molecule has 0 aliphatic heterocycles. The van der Waals surface area contributed by atoms with Crippen molar-refractivity contribution in [3.63, 3.8) is 0 Å². The number of carbonyl (C=O) groups excluding carboxylic acids is 2. The van der Waals surface area contributed by atoms with Crippen LogP contribution in [-0.4, -0.2) is 87.7 Å². The van der Waals surface area contributed by atoms with Gasteiger partial charge in [0.2, 0.25) is 23.7 Å². The summed E-state index contributed by atoms with van der Waals surface area (Å²) in [5.74, 6) is 2.19. The van der Waals surface area contributed by atoms with Gasteiger partial charge in [-0.3, -0.25) is 9.59 Å². The Labute approximate surface area is 366 Å². The van der Waals surface area contributed by atoms with Crippen LogP contribution in [0.1, 0.15) is 92.7 Å².